The number of fused-ring (bicyclic) bond motifs is 1. The number of benzene rings is 1. The number of nitrogens with two attached hydrogens (primary N) is 1. The summed E-state index contributed by atoms with van der Waals surface area (Å²) in [5.74, 6) is 0.302. The van der Waals surface area contributed by atoms with Crippen LogP contribution in [0.4, 0.5) is 4.39 Å². The zero-order valence-corrected chi connectivity index (χ0v) is 9.76. The van der Waals surface area contributed by atoms with Gasteiger partial charge in [0.1, 0.15) is 11.6 Å². The molecule has 92 valence electrons. The second kappa shape index (κ2) is 3.92. The number of aromatic amines is 1. The lowest BCUT2D eigenvalue weighted by molar-refractivity contribution is 0.629. The Labute approximate surface area is 102 Å². The molecule has 2 heterocycles. The van der Waals surface area contributed by atoms with Gasteiger partial charge in [0.2, 0.25) is 0 Å². The van der Waals surface area contributed by atoms with Crippen molar-refractivity contribution in [1.29, 1.82) is 0 Å². The van der Waals surface area contributed by atoms with E-state index in [1.807, 2.05) is 13.2 Å². The van der Waals surface area contributed by atoms with Crippen LogP contribution < -0.4 is 5.73 Å². The fourth-order valence-electron chi connectivity index (χ4n) is 1.91. The first-order valence-corrected chi connectivity index (χ1v) is 5.53. The van der Waals surface area contributed by atoms with Gasteiger partial charge in [-0.05, 0) is 18.2 Å². The van der Waals surface area contributed by atoms with Gasteiger partial charge in [0.05, 0.1) is 23.3 Å². The summed E-state index contributed by atoms with van der Waals surface area (Å²) in [6.07, 6.45) is 3.52. The summed E-state index contributed by atoms with van der Waals surface area (Å²) in [5.41, 5.74) is 8.29. The molecule has 3 N–H and O–H groups in total. The van der Waals surface area contributed by atoms with Crippen LogP contribution in [0.5, 0.6) is 0 Å². The van der Waals surface area contributed by atoms with Gasteiger partial charge in [-0.15, -0.1) is 0 Å². The molecule has 0 radical (unpaired) electrons. The van der Waals surface area contributed by atoms with Crippen molar-refractivity contribution in [2.75, 3.05) is 0 Å². The average molecular weight is 245 g/mol. The number of hydrogen-bond donors (Lipinski definition) is 2. The quantitative estimate of drug-likeness (QED) is 0.718. The molecule has 0 fully saturated rings. The van der Waals surface area contributed by atoms with Crippen LogP contribution in [-0.2, 0) is 7.05 Å². The Morgan fingerprint density at radius 3 is 3.00 bits per heavy atom. The lowest BCUT2D eigenvalue weighted by atomic mass is 10.2. The Morgan fingerprint density at radius 1 is 1.44 bits per heavy atom. The minimum absolute atomic E-state index is 0.298. The molecule has 0 aliphatic carbocycles. The molecule has 3 aromatic rings. The van der Waals surface area contributed by atoms with Crippen LogP contribution in [0.25, 0.3) is 11.0 Å². The number of rotatable bonds is 2. The minimum Gasteiger partial charge on any atom is -0.340 e. The van der Waals surface area contributed by atoms with Gasteiger partial charge in [0, 0.05) is 18.8 Å². The van der Waals surface area contributed by atoms with Crippen LogP contribution in [-0.4, -0.2) is 19.7 Å². The zero-order chi connectivity index (χ0) is 12.7. The average Bonchev–Trinajstić information content (AvgIpc) is 2.93. The van der Waals surface area contributed by atoms with E-state index in [0.29, 0.717) is 16.9 Å². The molecule has 0 bridgehead atoms. The van der Waals surface area contributed by atoms with E-state index < -0.39 is 6.04 Å². The first-order chi connectivity index (χ1) is 8.63. The fourth-order valence-corrected chi connectivity index (χ4v) is 1.91. The molecule has 2 aromatic heterocycles. The van der Waals surface area contributed by atoms with Crippen LogP contribution >= 0.6 is 0 Å². The van der Waals surface area contributed by atoms with Crippen molar-refractivity contribution in [3.05, 3.63) is 47.8 Å². The van der Waals surface area contributed by atoms with Crippen molar-refractivity contribution in [3.63, 3.8) is 0 Å². The number of nitrogens with zero attached hydrogens (tertiary/aromatic N) is 3. The molecular formula is C12H12FN5. The van der Waals surface area contributed by atoms with Gasteiger partial charge in [0.25, 0.3) is 0 Å². The first-order valence-electron chi connectivity index (χ1n) is 5.53. The Hall–Kier alpha value is -2.21. The van der Waals surface area contributed by atoms with Gasteiger partial charge in [-0.1, -0.05) is 0 Å². The fraction of sp³-hybridized carbons (Fsp3) is 0.167. The summed E-state index contributed by atoms with van der Waals surface area (Å²) < 4.78 is 14.8. The monoisotopic (exact) mass is 245 g/mol. The number of halogens is 1. The van der Waals surface area contributed by atoms with Crippen molar-refractivity contribution in [3.8, 4) is 0 Å². The normalized spacial score (nSPS) is 13.1. The van der Waals surface area contributed by atoms with E-state index in [9.17, 15) is 4.39 Å². The zero-order valence-electron chi connectivity index (χ0n) is 9.76. The molecule has 0 aliphatic rings. The molecule has 18 heavy (non-hydrogen) atoms. The molecule has 0 saturated heterocycles. The van der Waals surface area contributed by atoms with Crippen molar-refractivity contribution < 1.29 is 4.39 Å². The van der Waals surface area contributed by atoms with Gasteiger partial charge in [-0.25, -0.2) is 9.37 Å². The molecule has 1 unspecified atom stereocenters. The van der Waals surface area contributed by atoms with Gasteiger partial charge in [-0.2, -0.15) is 5.10 Å². The predicted molar refractivity (Wildman–Crippen MR) is 65.3 cm³/mol. The highest BCUT2D eigenvalue weighted by atomic mass is 19.1. The molecule has 0 aliphatic heterocycles. The van der Waals surface area contributed by atoms with Gasteiger partial charge >= 0.3 is 0 Å². The summed E-state index contributed by atoms with van der Waals surface area (Å²) in [5, 5.41) is 4.07. The number of aromatic nitrogens is 4. The van der Waals surface area contributed by atoms with Gasteiger partial charge in [-0.3, -0.25) is 4.68 Å². The lowest BCUT2D eigenvalue weighted by Gasteiger charge is -2.04. The highest BCUT2D eigenvalue weighted by Crippen LogP contribution is 2.20. The molecule has 3 rings (SSSR count). The van der Waals surface area contributed by atoms with E-state index in [-0.39, 0.29) is 5.82 Å². The van der Waals surface area contributed by atoms with E-state index in [1.165, 1.54) is 12.1 Å². The molecule has 1 aromatic carbocycles. The van der Waals surface area contributed by atoms with Gasteiger partial charge < -0.3 is 10.7 Å². The minimum atomic E-state index is -0.394. The molecule has 0 spiro atoms. The molecule has 0 amide bonds. The molecule has 6 heteroatoms. The van der Waals surface area contributed by atoms with Crippen LogP contribution in [0.2, 0.25) is 0 Å². The number of imidazole rings is 1. The maximum Gasteiger partial charge on any atom is 0.128 e. The summed E-state index contributed by atoms with van der Waals surface area (Å²) in [7, 11) is 1.82. The molecule has 5 nitrogen and oxygen atoms in total. The Balaban J connectivity index is 2.03. The highest BCUT2D eigenvalue weighted by molar-refractivity contribution is 5.75. The van der Waals surface area contributed by atoms with Crippen molar-refractivity contribution in [2.45, 2.75) is 6.04 Å². The Bertz CT molecular complexity index is 699. The smallest absolute Gasteiger partial charge is 0.128 e. The van der Waals surface area contributed by atoms with Crippen LogP contribution in [0.1, 0.15) is 17.4 Å². The van der Waals surface area contributed by atoms with Crippen molar-refractivity contribution in [1.82, 2.24) is 19.7 Å². The van der Waals surface area contributed by atoms with E-state index in [0.717, 1.165) is 5.56 Å². The molecule has 0 saturated carbocycles. The Morgan fingerprint density at radius 2 is 2.28 bits per heavy atom. The summed E-state index contributed by atoms with van der Waals surface area (Å²) >= 11 is 0. The van der Waals surface area contributed by atoms with Crippen molar-refractivity contribution >= 4 is 11.0 Å². The third-order valence-electron chi connectivity index (χ3n) is 2.84. The second-order valence-electron chi connectivity index (χ2n) is 4.21. The number of nitrogens with one attached hydrogen (secondary N) is 1. The largest absolute Gasteiger partial charge is 0.340 e. The highest BCUT2D eigenvalue weighted by Gasteiger charge is 2.15. The third kappa shape index (κ3) is 1.76. The first kappa shape index (κ1) is 10.9. The standard InChI is InChI=1S/C12H12FN5/c1-18-6-7(5-15-18)11(14)12-16-9-3-2-8(13)4-10(9)17-12/h2-6,11H,14H2,1H3,(H,16,17). The number of aryl methyl sites for hydroxylation is 1. The summed E-state index contributed by atoms with van der Waals surface area (Å²) in [6.45, 7) is 0. The number of hydrogen-bond acceptors (Lipinski definition) is 3. The van der Waals surface area contributed by atoms with Crippen LogP contribution in [0.15, 0.2) is 30.6 Å². The van der Waals surface area contributed by atoms with E-state index in [1.54, 1.807) is 16.9 Å². The van der Waals surface area contributed by atoms with Gasteiger partial charge in [0.15, 0.2) is 0 Å². The van der Waals surface area contributed by atoms with Crippen LogP contribution in [0.3, 0.4) is 0 Å². The summed E-state index contributed by atoms with van der Waals surface area (Å²) in [4.78, 5) is 7.39. The van der Waals surface area contributed by atoms with E-state index >= 15 is 0 Å². The van der Waals surface area contributed by atoms with E-state index in [4.69, 9.17) is 5.73 Å². The van der Waals surface area contributed by atoms with Crippen molar-refractivity contribution in [2.24, 2.45) is 12.8 Å². The summed E-state index contributed by atoms with van der Waals surface area (Å²) in [6, 6.07) is 4.01. The maximum atomic E-state index is 13.1. The third-order valence-corrected chi connectivity index (χ3v) is 2.84. The molecule has 1 atom stereocenters. The Kier molecular flexibility index (Phi) is 2.38. The SMILES string of the molecule is Cn1cc(C(N)c2nc3ccc(F)cc3[nH]2)cn1. The topological polar surface area (TPSA) is 72.5 Å². The lowest BCUT2D eigenvalue weighted by Crippen LogP contribution is -2.12. The predicted octanol–water partition coefficient (Wildman–Crippen LogP) is 1.48. The van der Waals surface area contributed by atoms with Crippen LogP contribution in [0, 0.1) is 5.82 Å². The maximum absolute atomic E-state index is 13.1. The molecular weight excluding hydrogens is 233 g/mol. The number of H-pyrrole nitrogens is 1. The second-order valence-corrected chi connectivity index (χ2v) is 4.21. The van der Waals surface area contributed by atoms with E-state index in [2.05, 4.69) is 15.1 Å².